The fourth-order valence-corrected chi connectivity index (χ4v) is 2.33. The number of rotatable bonds is 6. The highest BCUT2D eigenvalue weighted by Crippen LogP contribution is 2.22. The average Bonchev–Trinajstić information content (AvgIpc) is 2.25. The molecule has 0 fully saturated rings. The Morgan fingerprint density at radius 1 is 1.16 bits per heavy atom. The van der Waals surface area contributed by atoms with Gasteiger partial charge in [-0.05, 0) is 18.6 Å². The SMILES string of the molecule is CS(=O)(=O)CCCN(CC(F)(F)F)c1ccccc1. The molecule has 0 aromatic heterocycles. The van der Waals surface area contributed by atoms with Gasteiger partial charge in [-0.15, -0.1) is 0 Å². The lowest BCUT2D eigenvalue weighted by atomic mass is 10.2. The summed E-state index contributed by atoms with van der Waals surface area (Å²) >= 11 is 0. The molecule has 0 atom stereocenters. The highest BCUT2D eigenvalue weighted by Gasteiger charge is 2.30. The summed E-state index contributed by atoms with van der Waals surface area (Å²) in [5.74, 6) is -0.117. The third kappa shape index (κ3) is 7.05. The van der Waals surface area contributed by atoms with E-state index in [0.717, 1.165) is 11.2 Å². The summed E-state index contributed by atoms with van der Waals surface area (Å²) in [6.45, 7) is -1.03. The van der Waals surface area contributed by atoms with Crippen molar-refractivity contribution in [2.75, 3.05) is 30.0 Å². The number of anilines is 1. The van der Waals surface area contributed by atoms with E-state index < -0.39 is 22.6 Å². The van der Waals surface area contributed by atoms with E-state index in [-0.39, 0.29) is 18.7 Å². The summed E-state index contributed by atoms with van der Waals surface area (Å²) in [7, 11) is -3.15. The van der Waals surface area contributed by atoms with Gasteiger partial charge in [0.15, 0.2) is 0 Å². The van der Waals surface area contributed by atoms with E-state index in [1.54, 1.807) is 30.3 Å². The molecule has 0 aliphatic heterocycles. The summed E-state index contributed by atoms with van der Waals surface area (Å²) in [5, 5.41) is 0. The summed E-state index contributed by atoms with van der Waals surface area (Å²) in [5.41, 5.74) is 0.438. The van der Waals surface area contributed by atoms with E-state index in [1.165, 1.54) is 0 Å². The van der Waals surface area contributed by atoms with Gasteiger partial charge in [0.05, 0.1) is 5.75 Å². The van der Waals surface area contributed by atoms with Crippen LogP contribution in [0.5, 0.6) is 0 Å². The first kappa shape index (κ1) is 15.8. The Bertz CT molecular complexity index is 485. The van der Waals surface area contributed by atoms with Gasteiger partial charge in [-0.1, -0.05) is 18.2 Å². The van der Waals surface area contributed by atoms with Crippen LogP contribution in [0.1, 0.15) is 6.42 Å². The van der Waals surface area contributed by atoms with Crippen LogP contribution in [0.4, 0.5) is 18.9 Å². The van der Waals surface area contributed by atoms with E-state index in [9.17, 15) is 21.6 Å². The first-order valence-corrected chi connectivity index (χ1v) is 7.78. The second-order valence-corrected chi connectivity index (χ2v) is 6.62. The maximum Gasteiger partial charge on any atom is 0.405 e. The van der Waals surface area contributed by atoms with Gasteiger partial charge in [0, 0.05) is 18.5 Å². The van der Waals surface area contributed by atoms with E-state index in [4.69, 9.17) is 0 Å². The Labute approximate surface area is 111 Å². The predicted octanol–water partition coefficient (Wildman–Crippen LogP) is 2.49. The summed E-state index contributed by atoms with van der Waals surface area (Å²) in [4.78, 5) is 1.14. The minimum absolute atomic E-state index is 0.0522. The van der Waals surface area contributed by atoms with Gasteiger partial charge in [-0.25, -0.2) is 8.42 Å². The van der Waals surface area contributed by atoms with Crippen molar-refractivity contribution in [2.24, 2.45) is 0 Å². The molecule has 1 aromatic carbocycles. The van der Waals surface area contributed by atoms with Gasteiger partial charge < -0.3 is 4.90 Å². The standard InChI is InChI=1S/C12H16F3NO2S/c1-19(17,18)9-5-8-16(10-12(13,14)15)11-6-3-2-4-7-11/h2-4,6-7H,5,8-10H2,1H3. The van der Waals surface area contributed by atoms with Crippen LogP contribution in [0.15, 0.2) is 30.3 Å². The van der Waals surface area contributed by atoms with Gasteiger partial charge in [0.2, 0.25) is 0 Å². The highest BCUT2D eigenvalue weighted by molar-refractivity contribution is 7.90. The second-order valence-electron chi connectivity index (χ2n) is 4.36. The van der Waals surface area contributed by atoms with Crippen LogP contribution in [0.2, 0.25) is 0 Å². The fourth-order valence-electron chi connectivity index (χ4n) is 1.67. The van der Waals surface area contributed by atoms with Gasteiger partial charge in [0.25, 0.3) is 0 Å². The van der Waals surface area contributed by atoms with Crippen molar-refractivity contribution in [3.05, 3.63) is 30.3 Å². The summed E-state index contributed by atoms with van der Waals surface area (Å²) in [6, 6.07) is 8.16. The lowest BCUT2D eigenvalue weighted by Gasteiger charge is -2.25. The molecule has 0 saturated heterocycles. The molecule has 0 N–H and O–H groups in total. The maximum atomic E-state index is 12.5. The maximum absolute atomic E-state index is 12.5. The van der Waals surface area contributed by atoms with Gasteiger partial charge >= 0.3 is 6.18 Å². The number of halogens is 3. The third-order valence-electron chi connectivity index (χ3n) is 2.43. The predicted molar refractivity (Wildman–Crippen MR) is 69.0 cm³/mol. The van der Waals surface area contributed by atoms with Crippen LogP contribution in [0.25, 0.3) is 0 Å². The number of nitrogens with zero attached hydrogens (tertiary/aromatic N) is 1. The molecular formula is C12H16F3NO2S. The monoisotopic (exact) mass is 295 g/mol. The number of hydrogen-bond acceptors (Lipinski definition) is 3. The minimum Gasteiger partial charge on any atom is -0.363 e. The minimum atomic E-state index is -4.32. The molecule has 0 spiro atoms. The number of benzene rings is 1. The third-order valence-corrected chi connectivity index (χ3v) is 3.46. The molecule has 19 heavy (non-hydrogen) atoms. The molecule has 0 heterocycles. The molecular weight excluding hydrogens is 279 g/mol. The molecule has 3 nitrogen and oxygen atoms in total. The van der Waals surface area contributed by atoms with E-state index >= 15 is 0 Å². The van der Waals surface area contributed by atoms with E-state index in [1.807, 2.05) is 0 Å². The fraction of sp³-hybridized carbons (Fsp3) is 0.500. The molecule has 108 valence electrons. The Kier molecular flexibility index (Phi) is 5.22. The van der Waals surface area contributed by atoms with Crippen LogP contribution in [0.3, 0.4) is 0 Å². The van der Waals surface area contributed by atoms with Crippen LogP contribution in [-0.2, 0) is 9.84 Å². The summed E-state index contributed by atoms with van der Waals surface area (Å²) < 4.78 is 59.5. The normalized spacial score (nSPS) is 12.4. The molecule has 1 rings (SSSR count). The quantitative estimate of drug-likeness (QED) is 0.809. The smallest absolute Gasteiger partial charge is 0.363 e. The highest BCUT2D eigenvalue weighted by atomic mass is 32.2. The first-order chi connectivity index (χ1) is 8.67. The Morgan fingerprint density at radius 3 is 2.21 bits per heavy atom. The van der Waals surface area contributed by atoms with Crippen LogP contribution in [0, 0.1) is 0 Å². The van der Waals surface area contributed by atoms with Gasteiger partial charge in [-0.2, -0.15) is 13.2 Å². The van der Waals surface area contributed by atoms with Crippen molar-refractivity contribution in [2.45, 2.75) is 12.6 Å². The molecule has 0 unspecified atom stereocenters. The van der Waals surface area contributed by atoms with Crippen LogP contribution < -0.4 is 4.90 Å². The molecule has 0 aliphatic rings. The van der Waals surface area contributed by atoms with Crippen LogP contribution >= 0.6 is 0 Å². The zero-order chi connectivity index (χ0) is 14.5. The average molecular weight is 295 g/mol. The van der Waals surface area contributed by atoms with E-state index in [0.29, 0.717) is 5.69 Å². The Balaban J connectivity index is 2.71. The largest absolute Gasteiger partial charge is 0.405 e. The molecule has 0 aliphatic carbocycles. The number of alkyl halides is 3. The van der Waals surface area contributed by atoms with Crippen molar-refractivity contribution in [1.29, 1.82) is 0 Å². The van der Waals surface area contributed by atoms with Crippen molar-refractivity contribution in [1.82, 2.24) is 0 Å². The lowest BCUT2D eigenvalue weighted by molar-refractivity contribution is -0.119. The lowest BCUT2D eigenvalue weighted by Crippen LogP contribution is -2.35. The summed E-state index contributed by atoms with van der Waals surface area (Å²) in [6.07, 6.45) is -3.08. The zero-order valence-electron chi connectivity index (χ0n) is 10.5. The first-order valence-electron chi connectivity index (χ1n) is 5.72. The zero-order valence-corrected chi connectivity index (χ0v) is 11.3. The number of hydrogen-bond donors (Lipinski definition) is 0. The molecule has 0 amide bonds. The molecule has 1 aromatic rings. The topological polar surface area (TPSA) is 37.4 Å². The second kappa shape index (κ2) is 6.27. The molecule has 0 radical (unpaired) electrons. The van der Waals surface area contributed by atoms with Gasteiger partial charge in [0.1, 0.15) is 16.4 Å². The van der Waals surface area contributed by atoms with E-state index in [2.05, 4.69) is 0 Å². The van der Waals surface area contributed by atoms with Gasteiger partial charge in [-0.3, -0.25) is 0 Å². The number of sulfone groups is 1. The van der Waals surface area contributed by atoms with Crippen molar-refractivity contribution >= 4 is 15.5 Å². The Morgan fingerprint density at radius 2 is 1.74 bits per heavy atom. The van der Waals surface area contributed by atoms with Crippen molar-refractivity contribution < 1.29 is 21.6 Å². The van der Waals surface area contributed by atoms with Crippen molar-refractivity contribution in [3.63, 3.8) is 0 Å². The number of para-hydroxylation sites is 1. The van der Waals surface area contributed by atoms with Crippen LogP contribution in [-0.4, -0.2) is 39.7 Å². The van der Waals surface area contributed by atoms with Crippen molar-refractivity contribution in [3.8, 4) is 0 Å². The molecule has 0 saturated carbocycles. The Hall–Kier alpha value is -1.24. The molecule has 7 heteroatoms. The molecule has 0 bridgehead atoms.